The molecule has 1 amide bonds. The van der Waals surface area contributed by atoms with E-state index in [4.69, 9.17) is 16.3 Å². The standard InChI is InChI=1S/C29H37ClN6O3/c1-18(2)15-36-24(4-5-32-36)21-13-22(21)28(38)33-27-12-19-11-25(23(30)10-20(19)14-31-27)34-6-8-35(9-7-34)29(3)17-39-16-26(29)37/h4-5,10-12,14,18,21-22,26,37H,6-9,13,15-17H2,1-3H3,(H,31,33,38)/t21?,22?,26-,29+/m1/s1. The second-order valence-corrected chi connectivity index (χ2v) is 12.3. The molecule has 9 nitrogen and oxygen atoms in total. The number of amides is 1. The Bertz CT molecular complexity index is 1370. The van der Waals surface area contributed by atoms with Gasteiger partial charge in [0.05, 0.1) is 35.6 Å². The molecule has 3 aliphatic rings. The number of nitrogens with zero attached hydrogens (tertiary/aromatic N) is 5. The van der Waals surface area contributed by atoms with Gasteiger partial charge >= 0.3 is 0 Å². The molecule has 2 saturated heterocycles. The number of carbonyl (C=O) groups is 1. The smallest absolute Gasteiger partial charge is 0.229 e. The molecule has 2 N–H and O–H groups in total. The number of benzene rings is 1. The van der Waals surface area contributed by atoms with Crippen LogP contribution in [0.3, 0.4) is 0 Å². The molecule has 0 radical (unpaired) electrons. The molecule has 2 aliphatic heterocycles. The molecule has 1 aromatic carbocycles. The minimum Gasteiger partial charge on any atom is -0.389 e. The molecule has 3 aromatic rings. The van der Waals surface area contributed by atoms with Gasteiger partial charge in [0, 0.05) is 68.0 Å². The lowest BCUT2D eigenvalue weighted by Gasteiger charge is -2.45. The number of halogens is 1. The number of aliphatic hydroxyl groups excluding tert-OH is 1. The Morgan fingerprint density at radius 3 is 2.74 bits per heavy atom. The zero-order chi connectivity index (χ0) is 27.3. The topological polar surface area (TPSA) is 95.8 Å². The van der Waals surface area contributed by atoms with Gasteiger partial charge in [-0.1, -0.05) is 25.4 Å². The summed E-state index contributed by atoms with van der Waals surface area (Å²) in [6.45, 7) is 11.5. The van der Waals surface area contributed by atoms with Gasteiger partial charge in [0.25, 0.3) is 0 Å². The van der Waals surface area contributed by atoms with Crippen LogP contribution >= 0.6 is 11.6 Å². The average molecular weight is 553 g/mol. The third-order valence-electron chi connectivity index (χ3n) is 8.56. The predicted octanol–water partition coefficient (Wildman–Crippen LogP) is 3.75. The summed E-state index contributed by atoms with van der Waals surface area (Å²) in [6.07, 6.45) is 3.95. The first-order valence-corrected chi connectivity index (χ1v) is 14.3. The summed E-state index contributed by atoms with van der Waals surface area (Å²) in [4.78, 5) is 22.2. The average Bonchev–Trinajstić information content (AvgIpc) is 3.46. The Morgan fingerprint density at radius 2 is 2.03 bits per heavy atom. The molecule has 208 valence electrons. The molecule has 10 heteroatoms. The number of piperazine rings is 1. The summed E-state index contributed by atoms with van der Waals surface area (Å²) in [5.41, 5.74) is 1.77. The number of hydrogen-bond acceptors (Lipinski definition) is 7. The third kappa shape index (κ3) is 5.13. The van der Waals surface area contributed by atoms with Crippen molar-refractivity contribution >= 4 is 39.8 Å². The van der Waals surface area contributed by atoms with E-state index in [0.29, 0.717) is 30.0 Å². The van der Waals surface area contributed by atoms with Crippen LogP contribution in [-0.4, -0.2) is 81.7 Å². The fraction of sp³-hybridized carbons (Fsp3) is 0.552. The third-order valence-corrected chi connectivity index (χ3v) is 8.87. The van der Waals surface area contributed by atoms with Crippen molar-refractivity contribution in [3.63, 3.8) is 0 Å². The molecule has 39 heavy (non-hydrogen) atoms. The Balaban J connectivity index is 1.13. The molecule has 2 aromatic heterocycles. The van der Waals surface area contributed by atoms with Crippen LogP contribution in [0.15, 0.2) is 36.7 Å². The van der Waals surface area contributed by atoms with E-state index in [1.165, 1.54) is 0 Å². The van der Waals surface area contributed by atoms with E-state index in [-0.39, 0.29) is 23.3 Å². The van der Waals surface area contributed by atoms with Crippen molar-refractivity contribution in [3.8, 4) is 0 Å². The molecular formula is C29H37ClN6O3. The summed E-state index contributed by atoms with van der Waals surface area (Å²) in [6, 6.07) is 7.99. The van der Waals surface area contributed by atoms with Crippen molar-refractivity contribution in [3.05, 3.63) is 47.4 Å². The second kappa shape index (κ2) is 10.4. The zero-order valence-electron chi connectivity index (χ0n) is 22.8. The van der Waals surface area contributed by atoms with Gasteiger partial charge in [-0.2, -0.15) is 5.10 Å². The van der Waals surface area contributed by atoms with Crippen molar-refractivity contribution < 1.29 is 14.6 Å². The maximum atomic E-state index is 13.1. The number of rotatable bonds is 7. The van der Waals surface area contributed by atoms with E-state index in [1.807, 2.05) is 29.1 Å². The van der Waals surface area contributed by atoms with Crippen LogP contribution < -0.4 is 10.2 Å². The van der Waals surface area contributed by atoms with E-state index in [0.717, 1.165) is 61.3 Å². The molecule has 4 heterocycles. The minimum absolute atomic E-state index is 0.000954. The minimum atomic E-state index is -0.470. The van der Waals surface area contributed by atoms with Gasteiger partial charge in [-0.25, -0.2) is 4.98 Å². The normalized spacial score (nSPS) is 27.4. The SMILES string of the molecule is CC(C)Cn1nccc1C1CC1C(=O)Nc1cc2cc(N3CCN([C@@]4(C)COC[C@H]4O)CC3)c(Cl)cc2cn1. The van der Waals surface area contributed by atoms with Crippen LogP contribution in [-0.2, 0) is 16.1 Å². The lowest BCUT2D eigenvalue weighted by Crippen LogP contribution is -2.60. The number of aliphatic hydroxyl groups is 1. The lowest BCUT2D eigenvalue weighted by atomic mass is 9.95. The first kappa shape index (κ1) is 26.5. The maximum Gasteiger partial charge on any atom is 0.229 e. The largest absolute Gasteiger partial charge is 0.389 e. The Hall–Kier alpha value is -2.72. The molecule has 0 bridgehead atoms. The highest BCUT2D eigenvalue weighted by molar-refractivity contribution is 6.34. The summed E-state index contributed by atoms with van der Waals surface area (Å²) >= 11 is 6.71. The van der Waals surface area contributed by atoms with Gasteiger partial charge in [-0.3, -0.25) is 14.4 Å². The highest BCUT2D eigenvalue weighted by Crippen LogP contribution is 2.48. The molecular weight excluding hydrogens is 516 g/mol. The Labute approximate surface area is 234 Å². The number of fused-ring (bicyclic) bond motifs is 1. The van der Waals surface area contributed by atoms with Gasteiger partial charge in [0.1, 0.15) is 5.82 Å². The van der Waals surface area contributed by atoms with E-state index in [1.54, 1.807) is 6.20 Å². The van der Waals surface area contributed by atoms with Crippen LogP contribution in [0.1, 0.15) is 38.8 Å². The van der Waals surface area contributed by atoms with Gasteiger partial charge in [-0.05, 0) is 48.9 Å². The van der Waals surface area contributed by atoms with Crippen molar-refractivity contribution in [2.75, 3.05) is 49.6 Å². The van der Waals surface area contributed by atoms with Crippen LogP contribution in [0.25, 0.3) is 10.8 Å². The molecule has 1 saturated carbocycles. The van der Waals surface area contributed by atoms with Gasteiger partial charge < -0.3 is 20.1 Å². The van der Waals surface area contributed by atoms with Crippen LogP contribution in [0, 0.1) is 11.8 Å². The molecule has 1 aliphatic carbocycles. The lowest BCUT2D eigenvalue weighted by molar-refractivity contribution is -0.117. The maximum absolute atomic E-state index is 13.1. The van der Waals surface area contributed by atoms with Crippen LogP contribution in [0.2, 0.25) is 5.02 Å². The van der Waals surface area contributed by atoms with Crippen molar-refractivity contribution in [2.45, 2.75) is 51.3 Å². The monoisotopic (exact) mass is 552 g/mol. The number of carbonyl (C=O) groups excluding carboxylic acids is 1. The fourth-order valence-electron chi connectivity index (χ4n) is 6.06. The van der Waals surface area contributed by atoms with Gasteiger partial charge in [-0.15, -0.1) is 0 Å². The predicted molar refractivity (Wildman–Crippen MR) is 152 cm³/mol. The number of nitrogens with one attached hydrogen (secondary N) is 1. The Kier molecular flexibility index (Phi) is 7.03. The van der Waals surface area contributed by atoms with E-state index in [9.17, 15) is 9.90 Å². The molecule has 3 fully saturated rings. The number of anilines is 2. The molecule has 6 rings (SSSR count). The number of pyridine rings is 1. The number of hydrogen-bond donors (Lipinski definition) is 2. The van der Waals surface area contributed by atoms with E-state index in [2.05, 4.69) is 52.0 Å². The van der Waals surface area contributed by atoms with Crippen molar-refractivity contribution in [2.24, 2.45) is 11.8 Å². The van der Waals surface area contributed by atoms with Crippen molar-refractivity contribution in [1.82, 2.24) is 19.7 Å². The molecule has 4 atom stereocenters. The molecule has 0 spiro atoms. The van der Waals surface area contributed by atoms with Gasteiger partial charge in [0.15, 0.2) is 0 Å². The summed E-state index contributed by atoms with van der Waals surface area (Å²) in [5, 5.41) is 20.5. The highest BCUT2D eigenvalue weighted by Gasteiger charge is 2.46. The highest BCUT2D eigenvalue weighted by atomic mass is 35.5. The molecule has 2 unspecified atom stereocenters. The Morgan fingerprint density at radius 1 is 1.23 bits per heavy atom. The summed E-state index contributed by atoms with van der Waals surface area (Å²) in [5.74, 6) is 1.19. The summed E-state index contributed by atoms with van der Waals surface area (Å²) in [7, 11) is 0. The van der Waals surface area contributed by atoms with E-state index < -0.39 is 6.10 Å². The first-order chi connectivity index (χ1) is 18.7. The number of aromatic nitrogens is 3. The van der Waals surface area contributed by atoms with E-state index >= 15 is 0 Å². The van der Waals surface area contributed by atoms with Crippen molar-refractivity contribution in [1.29, 1.82) is 0 Å². The first-order valence-electron chi connectivity index (χ1n) is 13.9. The quantitative estimate of drug-likeness (QED) is 0.461. The fourth-order valence-corrected chi connectivity index (χ4v) is 6.36. The number of ether oxygens (including phenoxy) is 1. The van der Waals surface area contributed by atoms with Gasteiger partial charge in [0.2, 0.25) is 5.91 Å². The summed E-state index contributed by atoms with van der Waals surface area (Å²) < 4.78 is 7.57. The van der Waals surface area contributed by atoms with Crippen LogP contribution in [0.4, 0.5) is 11.5 Å². The van der Waals surface area contributed by atoms with Crippen LogP contribution in [0.5, 0.6) is 0 Å². The second-order valence-electron chi connectivity index (χ2n) is 11.9. The zero-order valence-corrected chi connectivity index (χ0v) is 23.6.